The van der Waals surface area contributed by atoms with E-state index in [1.807, 2.05) is 0 Å². The van der Waals surface area contributed by atoms with Crippen LogP contribution in [0.25, 0.3) is 0 Å². The van der Waals surface area contributed by atoms with E-state index in [9.17, 15) is 9.59 Å². The maximum Gasteiger partial charge on any atom is 0.350 e. The quantitative estimate of drug-likeness (QED) is 0.624. The molecule has 8 heteroatoms. The number of hydrogen-bond acceptors (Lipinski definition) is 6. The van der Waals surface area contributed by atoms with Gasteiger partial charge in [0, 0.05) is 0 Å². The van der Waals surface area contributed by atoms with Crippen molar-refractivity contribution in [2.45, 2.75) is 13.3 Å². The van der Waals surface area contributed by atoms with Crippen LogP contribution in [0.1, 0.15) is 21.8 Å². The first-order chi connectivity index (χ1) is 7.93. The molecule has 17 heavy (non-hydrogen) atoms. The number of carbonyl (C=O) groups excluding carboxylic acids is 2. The number of carbonyl (C=O) groups is 2. The van der Waals surface area contributed by atoms with Crippen LogP contribution in [0.15, 0.2) is 0 Å². The summed E-state index contributed by atoms with van der Waals surface area (Å²) in [5.74, 6) is -0.836. The van der Waals surface area contributed by atoms with Gasteiger partial charge < -0.3 is 15.8 Å². The van der Waals surface area contributed by atoms with Crippen LogP contribution in [0.3, 0.4) is 0 Å². The number of nitrogens with zero attached hydrogens (tertiary/aromatic N) is 1. The molecule has 0 aromatic carbocycles. The predicted octanol–water partition coefficient (Wildman–Crippen LogP) is 0.853. The van der Waals surface area contributed by atoms with Crippen LogP contribution >= 0.6 is 23.6 Å². The molecule has 0 aliphatic carbocycles. The van der Waals surface area contributed by atoms with Gasteiger partial charge in [0.15, 0.2) is 5.13 Å². The summed E-state index contributed by atoms with van der Waals surface area (Å²) in [6.45, 7) is 1.66. The molecule has 0 radical (unpaired) electrons. The fraction of sp³-hybridized carbons (Fsp3) is 0.333. The van der Waals surface area contributed by atoms with Gasteiger partial charge >= 0.3 is 5.97 Å². The zero-order valence-corrected chi connectivity index (χ0v) is 10.9. The molecule has 1 aromatic heterocycles. The second-order valence-corrected chi connectivity index (χ2v) is 4.64. The monoisotopic (exact) mass is 273 g/mol. The van der Waals surface area contributed by atoms with Crippen LogP contribution in [0.2, 0.25) is 0 Å². The van der Waals surface area contributed by atoms with Gasteiger partial charge in [0.2, 0.25) is 5.91 Å². The van der Waals surface area contributed by atoms with Crippen LogP contribution in [0.4, 0.5) is 5.13 Å². The smallest absolute Gasteiger partial charge is 0.350 e. The number of anilines is 1. The van der Waals surface area contributed by atoms with Crippen LogP contribution < -0.4 is 11.1 Å². The van der Waals surface area contributed by atoms with E-state index in [1.165, 1.54) is 7.11 Å². The number of rotatable bonds is 4. The number of nitrogens with two attached hydrogens (primary N) is 1. The van der Waals surface area contributed by atoms with Crippen LogP contribution in [0.5, 0.6) is 0 Å². The number of thiazole rings is 1. The number of aromatic nitrogens is 1. The Morgan fingerprint density at radius 1 is 1.59 bits per heavy atom. The summed E-state index contributed by atoms with van der Waals surface area (Å²) in [7, 11) is 1.28. The number of hydrogen-bond donors (Lipinski definition) is 2. The highest BCUT2D eigenvalue weighted by atomic mass is 32.1. The predicted molar refractivity (Wildman–Crippen MR) is 68.2 cm³/mol. The second kappa shape index (κ2) is 5.69. The second-order valence-electron chi connectivity index (χ2n) is 3.12. The SMILES string of the molecule is COC(=O)c1sc(NC(=O)CC(N)=S)nc1C. The minimum absolute atomic E-state index is 0.0540. The van der Waals surface area contributed by atoms with E-state index in [-0.39, 0.29) is 17.3 Å². The Bertz CT molecular complexity index is 470. The molecule has 0 saturated carbocycles. The molecular weight excluding hydrogens is 262 g/mol. The first-order valence-electron chi connectivity index (χ1n) is 4.58. The van der Waals surface area contributed by atoms with E-state index in [0.29, 0.717) is 15.7 Å². The first-order valence-corrected chi connectivity index (χ1v) is 5.80. The van der Waals surface area contributed by atoms with Crippen molar-refractivity contribution in [2.75, 3.05) is 12.4 Å². The molecule has 1 amide bonds. The Hall–Kier alpha value is -1.54. The van der Waals surface area contributed by atoms with Crippen molar-refractivity contribution in [1.82, 2.24) is 4.98 Å². The Morgan fingerprint density at radius 2 is 2.24 bits per heavy atom. The van der Waals surface area contributed by atoms with Crippen molar-refractivity contribution in [3.63, 3.8) is 0 Å². The minimum atomic E-state index is -0.477. The van der Waals surface area contributed by atoms with Crippen molar-refractivity contribution in [3.05, 3.63) is 10.6 Å². The fourth-order valence-corrected chi connectivity index (χ4v) is 2.09. The molecule has 0 atom stereocenters. The Labute approximate surface area is 107 Å². The largest absolute Gasteiger partial charge is 0.465 e. The third kappa shape index (κ3) is 3.75. The van der Waals surface area contributed by atoms with Gasteiger partial charge in [-0.2, -0.15) is 0 Å². The summed E-state index contributed by atoms with van der Waals surface area (Å²) in [4.78, 5) is 27.1. The van der Waals surface area contributed by atoms with E-state index in [2.05, 4.69) is 27.3 Å². The average Bonchev–Trinajstić information content (AvgIpc) is 2.56. The molecule has 6 nitrogen and oxygen atoms in total. The lowest BCUT2D eigenvalue weighted by Crippen LogP contribution is -2.19. The molecule has 0 spiro atoms. The number of ether oxygens (including phenoxy) is 1. The minimum Gasteiger partial charge on any atom is -0.465 e. The Balaban J connectivity index is 2.77. The summed E-state index contributed by atoms with van der Waals surface area (Å²) >= 11 is 5.65. The molecule has 1 rings (SSSR count). The molecule has 0 fully saturated rings. The van der Waals surface area contributed by atoms with Crippen molar-refractivity contribution in [3.8, 4) is 0 Å². The molecule has 0 aliphatic heterocycles. The highest BCUT2D eigenvalue weighted by Crippen LogP contribution is 2.23. The summed E-state index contributed by atoms with van der Waals surface area (Å²) in [6.07, 6.45) is -0.0540. The molecule has 1 heterocycles. The van der Waals surface area contributed by atoms with Gasteiger partial charge in [-0.1, -0.05) is 23.6 Å². The van der Waals surface area contributed by atoms with Gasteiger partial charge in [-0.25, -0.2) is 9.78 Å². The van der Waals surface area contributed by atoms with E-state index >= 15 is 0 Å². The molecule has 0 bridgehead atoms. The van der Waals surface area contributed by atoms with E-state index in [1.54, 1.807) is 6.92 Å². The average molecular weight is 273 g/mol. The number of aryl methyl sites for hydroxylation is 1. The number of methoxy groups -OCH3 is 1. The molecular formula is C9H11N3O3S2. The third-order valence-electron chi connectivity index (χ3n) is 1.75. The maximum absolute atomic E-state index is 11.4. The zero-order chi connectivity index (χ0) is 13.0. The van der Waals surface area contributed by atoms with Crippen LogP contribution in [-0.4, -0.2) is 29.0 Å². The molecule has 3 N–H and O–H groups in total. The van der Waals surface area contributed by atoms with Gasteiger partial charge in [0.25, 0.3) is 0 Å². The standard InChI is InChI=1S/C9H11N3O3S2/c1-4-7(8(14)15-2)17-9(11-4)12-6(13)3-5(10)16/h3H2,1-2H3,(H2,10,16)(H,11,12,13). The number of nitrogens with one attached hydrogen (secondary N) is 1. The first kappa shape index (κ1) is 13.5. The van der Waals surface area contributed by atoms with Gasteiger partial charge in [0.05, 0.1) is 24.2 Å². The summed E-state index contributed by atoms with van der Waals surface area (Å²) in [5, 5.41) is 2.83. The zero-order valence-electron chi connectivity index (χ0n) is 9.27. The lowest BCUT2D eigenvalue weighted by atomic mass is 10.4. The van der Waals surface area contributed by atoms with Crippen molar-refractivity contribution in [1.29, 1.82) is 0 Å². The van der Waals surface area contributed by atoms with Gasteiger partial charge in [-0.15, -0.1) is 0 Å². The lowest BCUT2D eigenvalue weighted by Gasteiger charge is -1.98. The number of amides is 1. The molecule has 92 valence electrons. The Morgan fingerprint density at radius 3 is 2.76 bits per heavy atom. The fourth-order valence-electron chi connectivity index (χ4n) is 1.05. The van der Waals surface area contributed by atoms with Gasteiger partial charge in [-0.05, 0) is 6.92 Å². The molecule has 0 aliphatic rings. The van der Waals surface area contributed by atoms with Crippen LogP contribution in [-0.2, 0) is 9.53 Å². The van der Waals surface area contributed by atoms with Crippen molar-refractivity contribution in [2.24, 2.45) is 5.73 Å². The summed E-state index contributed by atoms with van der Waals surface area (Å²) < 4.78 is 4.58. The normalized spacial score (nSPS) is 9.76. The summed E-state index contributed by atoms with van der Waals surface area (Å²) in [6, 6.07) is 0. The maximum atomic E-state index is 11.4. The third-order valence-corrected chi connectivity index (χ3v) is 2.95. The van der Waals surface area contributed by atoms with E-state index < -0.39 is 5.97 Å². The molecule has 0 saturated heterocycles. The van der Waals surface area contributed by atoms with Crippen molar-refractivity contribution >= 4 is 45.6 Å². The topological polar surface area (TPSA) is 94.3 Å². The molecule has 1 aromatic rings. The highest BCUT2D eigenvalue weighted by molar-refractivity contribution is 7.80. The van der Waals surface area contributed by atoms with Crippen molar-refractivity contribution < 1.29 is 14.3 Å². The Kier molecular flexibility index (Phi) is 4.53. The van der Waals surface area contributed by atoms with Crippen LogP contribution in [0, 0.1) is 6.92 Å². The number of esters is 1. The lowest BCUT2D eigenvalue weighted by molar-refractivity contribution is -0.115. The summed E-state index contributed by atoms with van der Waals surface area (Å²) in [5.41, 5.74) is 5.74. The highest BCUT2D eigenvalue weighted by Gasteiger charge is 2.16. The van der Waals surface area contributed by atoms with E-state index in [4.69, 9.17) is 5.73 Å². The molecule has 0 unspecified atom stereocenters. The number of thiocarbonyl (C=S) groups is 1. The van der Waals surface area contributed by atoms with Gasteiger partial charge in [0.1, 0.15) is 4.88 Å². The van der Waals surface area contributed by atoms with Gasteiger partial charge in [-0.3, -0.25) is 4.79 Å². The van der Waals surface area contributed by atoms with E-state index in [0.717, 1.165) is 11.3 Å².